The van der Waals surface area contributed by atoms with Crippen molar-refractivity contribution in [1.29, 1.82) is 0 Å². The van der Waals surface area contributed by atoms with Crippen molar-refractivity contribution in [3.63, 3.8) is 0 Å². The summed E-state index contributed by atoms with van der Waals surface area (Å²) >= 11 is 0. The maximum Gasteiger partial charge on any atom is 0.414 e. The van der Waals surface area contributed by atoms with Crippen LogP contribution in [0.4, 0.5) is 4.79 Å². The highest BCUT2D eigenvalue weighted by molar-refractivity contribution is 5.96. The van der Waals surface area contributed by atoms with E-state index in [0.717, 1.165) is 5.56 Å². The Hall–Kier alpha value is -2.10. The zero-order chi connectivity index (χ0) is 13.0. The summed E-state index contributed by atoms with van der Waals surface area (Å²) in [4.78, 5) is 24.6. The van der Waals surface area contributed by atoms with Crippen LogP contribution in [-0.2, 0) is 16.1 Å². The molecule has 0 N–H and O–H groups in total. The van der Waals surface area contributed by atoms with E-state index in [2.05, 4.69) is 0 Å². The number of nitrogens with zero attached hydrogens (tertiary/aromatic N) is 1. The van der Waals surface area contributed by atoms with Gasteiger partial charge in [0.05, 0.1) is 5.70 Å². The summed E-state index contributed by atoms with van der Waals surface area (Å²) in [5.41, 5.74) is 1.37. The first-order valence-corrected chi connectivity index (χ1v) is 5.88. The van der Waals surface area contributed by atoms with Crippen molar-refractivity contribution >= 4 is 11.9 Å². The number of hydrogen-bond acceptors (Lipinski definition) is 3. The molecule has 0 aromatic heterocycles. The van der Waals surface area contributed by atoms with E-state index in [1.54, 1.807) is 6.08 Å². The number of hydrogen-bond donors (Lipinski definition) is 0. The topological polar surface area (TPSA) is 46.6 Å². The molecule has 0 aliphatic carbocycles. The second-order valence-electron chi connectivity index (χ2n) is 4.13. The van der Waals surface area contributed by atoms with Crippen molar-refractivity contribution in [2.45, 2.75) is 20.0 Å². The molecule has 0 unspecified atom stereocenters. The molecule has 0 fully saturated rings. The van der Waals surface area contributed by atoms with Crippen LogP contribution < -0.4 is 0 Å². The van der Waals surface area contributed by atoms with Gasteiger partial charge in [-0.15, -0.1) is 0 Å². The first kappa shape index (κ1) is 12.4. The third-order valence-corrected chi connectivity index (χ3v) is 2.77. The van der Waals surface area contributed by atoms with E-state index in [0.29, 0.717) is 18.7 Å². The summed E-state index contributed by atoms with van der Waals surface area (Å²) in [7, 11) is 0. The Labute approximate surface area is 106 Å². The Morgan fingerprint density at radius 1 is 1.28 bits per heavy atom. The lowest BCUT2D eigenvalue weighted by Gasteiger charge is -2.18. The number of ketones is 1. The Kier molecular flexibility index (Phi) is 3.77. The molecular formula is C14H15NO3. The Bertz CT molecular complexity index is 479. The highest BCUT2D eigenvalue weighted by Gasteiger charge is 2.25. The quantitative estimate of drug-likeness (QED) is 0.822. The summed E-state index contributed by atoms with van der Waals surface area (Å²) in [5.74, 6) is -0.107. The van der Waals surface area contributed by atoms with Gasteiger partial charge in [-0.05, 0) is 12.0 Å². The molecule has 0 saturated carbocycles. The van der Waals surface area contributed by atoms with E-state index < -0.39 is 6.09 Å². The minimum absolute atomic E-state index is 0.107. The number of amides is 1. The van der Waals surface area contributed by atoms with Crippen molar-refractivity contribution in [2.75, 3.05) is 6.54 Å². The molecular weight excluding hydrogens is 230 g/mol. The van der Waals surface area contributed by atoms with Crippen molar-refractivity contribution in [2.24, 2.45) is 0 Å². The van der Waals surface area contributed by atoms with E-state index in [-0.39, 0.29) is 12.4 Å². The third kappa shape index (κ3) is 2.77. The van der Waals surface area contributed by atoms with Gasteiger partial charge in [0.2, 0.25) is 0 Å². The molecule has 4 heteroatoms. The van der Waals surface area contributed by atoms with Crippen LogP contribution in [0.2, 0.25) is 0 Å². The second kappa shape index (κ2) is 5.49. The molecule has 1 aromatic carbocycles. The molecule has 0 spiro atoms. The van der Waals surface area contributed by atoms with Gasteiger partial charge in [0.15, 0.2) is 5.78 Å². The van der Waals surface area contributed by atoms with Crippen LogP contribution in [0.15, 0.2) is 42.1 Å². The van der Waals surface area contributed by atoms with Crippen LogP contribution in [0.1, 0.15) is 18.9 Å². The third-order valence-electron chi connectivity index (χ3n) is 2.77. The Morgan fingerprint density at radius 2 is 2.00 bits per heavy atom. The molecule has 1 heterocycles. The monoisotopic (exact) mass is 245 g/mol. The lowest BCUT2D eigenvalue weighted by atomic mass is 10.2. The van der Waals surface area contributed by atoms with Crippen LogP contribution >= 0.6 is 0 Å². The molecule has 0 saturated heterocycles. The largest absolute Gasteiger partial charge is 0.444 e. The molecule has 0 radical (unpaired) electrons. The summed E-state index contributed by atoms with van der Waals surface area (Å²) in [6, 6.07) is 9.46. The maximum absolute atomic E-state index is 11.8. The van der Waals surface area contributed by atoms with E-state index in [4.69, 9.17) is 4.74 Å². The van der Waals surface area contributed by atoms with E-state index in [1.807, 2.05) is 30.3 Å². The molecule has 0 atom stereocenters. The number of ether oxygens (including phenoxy) is 1. The van der Waals surface area contributed by atoms with Gasteiger partial charge in [-0.3, -0.25) is 9.69 Å². The van der Waals surface area contributed by atoms with Crippen molar-refractivity contribution in [3.05, 3.63) is 47.7 Å². The summed E-state index contributed by atoms with van der Waals surface area (Å²) in [6.07, 6.45) is 2.01. The smallest absolute Gasteiger partial charge is 0.414 e. The molecule has 4 nitrogen and oxygen atoms in total. The zero-order valence-corrected chi connectivity index (χ0v) is 10.3. The first-order valence-electron chi connectivity index (χ1n) is 5.88. The molecule has 2 rings (SSSR count). The van der Waals surface area contributed by atoms with Crippen molar-refractivity contribution in [3.8, 4) is 0 Å². The van der Waals surface area contributed by atoms with Gasteiger partial charge in [0.25, 0.3) is 0 Å². The lowest BCUT2D eigenvalue weighted by molar-refractivity contribution is -0.114. The number of carbonyl (C=O) groups excluding carboxylic acids is 2. The van der Waals surface area contributed by atoms with Crippen LogP contribution in [0, 0.1) is 0 Å². The number of allylic oxidation sites excluding steroid dienone is 1. The molecule has 1 aliphatic heterocycles. The highest BCUT2D eigenvalue weighted by Crippen LogP contribution is 2.17. The SMILES string of the molecule is CC(=O)C1=CCCN1C(=O)OCc1ccccc1. The highest BCUT2D eigenvalue weighted by atomic mass is 16.6. The fourth-order valence-electron chi connectivity index (χ4n) is 1.88. The van der Waals surface area contributed by atoms with Gasteiger partial charge >= 0.3 is 6.09 Å². The second-order valence-corrected chi connectivity index (χ2v) is 4.13. The molecule has 18 heavy (non-hydrogen) atoms. The molecule has 1 amide bonds. The normalized spacial score (nSPS) is 14.3. The Balaban J connectivity index is 1.93. The minimum Gasteiger partial charge on any atom is -0.444 e. The van der Waals surface area contributed by atoms with Crippen molar-refractivity contribution in [1.82, 2.24) is 4.90 Å². The molecule has 94 valence electrons. The lowest BCUT2D eigenvalue weighted by Crippen LogP contribution is -2.30. The number of carbonyl (C=O) groups is 2. The standard InChI is InChI=1S/C14H15NO3/c1-11(16)13-8-5-9-15(13)14(17)18-10-12-6-3-2-4-7-12/h2-4,6-8H,5,9-10H2,1H3. The zero-order valence-electron chi connectivity index (χ0n) is 10.3. The fraction of sp³-hybridized carbons (Fsp3) is 0.286. The van der Waals surface area contributed by atoms with Gasteiger partial charge in [-0.1, -0.05) is 36.4 Å². The van der Waals surface area contributed by atoms with Gasteiger partial charge in [-0.25, -0.2) is 4.79 Å². The average Bonchev–Trinajstić information content (AvgIpc) is 2.86. The number of Topliss-reactive ketones (excluding diaryl/α,β-unsaturated/α-hetero) is 1. The molecule has 0 bridgehead atoms. The van der Waals surface area contributed by atoms with Crippen LogP contribution in [0.3, 0.4) is 0 Å². The van der Waals surface area contributed by atoms with Gasteiger partial charge in [-0.2, -0.15) is 0 Å². The summed E-state index contributed by atoms with van der Waals surface area (Å²) in [5, 5.41) is 0. The molecule has 1 aliphatic rings. The van der Waals surface area contributed by atoms with E-state index in [9.17, 15) is 9.59 Å². The minimum atomic E-state index is -0.460. The Morgan fingerprint density at radius 3 is 2.67 bits per heavy atom. The van der Waals surface area contributed by atoms with Gasteiger partial charge in [0, 0.05) is 13.5 Å². The summed E-state index contributed by atoms with van der Waals surface area (Å²) in [6.45, 7) is 2.19. The number of benzene rings is 1. The van der Waals surface area contributed by atoms with Crippen LogP contribution in [0.25, 0.3) is 0 Å². The van der Waals surface area contributed by atoms with E-state index in [1.165, 1.54) is 11.8 Å². The predicted octanol–water partition coefficient (Wildman–Crippen LogP) is 2.50. The molecule has 1 aromatic rings. The maximum atomic E-state index is 11.8. The fourth-order valence-corrected chi connectivity index (χ4v) is 1.88. The summed E-state index contributed by atoms with van der Waals surface area (Å²) < 4.78 is 5.19. The van der Waals surface area contributed by atoms with Crippen molar-refractivity contribution < 1.29 is 14.3 Å². The first-order chi connectivity index (χ1) is 8.68. The van der Waals surface area contributed by atoms with Gasteiger partial charge < -0.3 is 4.74 Å². The van der Waals surface area contributed by atoms with Crippen LogP contribution in [-0.4, -0.2) is 23.3 Å². The van der Waals surface area contributed by atoms with Crippen LogP contribution in [0.5, 0.6) is 0 Å². The predicted molar refractivity (Wildman–Crippen MR) is 66.7 cm³/mol. The number of rotatable bonds is 3. The van der Waals surface area contributed by atoms with E-state index >= 15 is 0 Å². The average molecular weight is 245 g/mol. The van der Waals surface area contributed by atoms with Gasteiger partial charge in [0.1, 0.15) is 6.61 Å².